The first-order valence-corrected chi connectivity index (χ1v) is 5.63. The smallest absolute Gasteiger partial charge is 0.342 e. The zero-order chi connectivity index (χ0) is 10.7. The van der Waals surface area contributed by atoms with E-state index in [0.717, 1.165) is 0 Å². The summed E-state index contributed by atoms with van der Waals surface area (Å²) in [5, 5.41) is -1.71. The molecule has 1 unspecified atom stereocenters. The number of carbonyl (C=O) groups is 1. The molecule has 0 aliphatic carbocycles. The number of esters is 1. The molecule has 0 aliphatic heterocycles. The Morgan fingerprint density at radius 2 is 1.92 bits per heavy atom. The molecular weight excluding hydrogens is 195 g/mol. The van der Waals surface area contributed by atoms with Gasteiger partial charge in [-0.05, 0) is 20.3 Å². The summed E-state index contributed by atoms with van der Waals surface area (Å²) in [5.74, 6) is -0.842. The van der Waals surface area contributed by atoms with Crippen molar-refractivity contribution in [3.63, 3.8) is 0 Å². The van der Waals surface area contributed by atoms with E-state index < -0.39 is 18.7 Å². The third kappa shape index (κ3) is 2.53. The second-order valence-electron chi connectivity index (χ2n) is 2.89. The van der Waals surface area contributed by atoms with Gasteiger partial charge in [0.2, 0.25) is 0 Å². The van der Waals surface area contributed by atoms with E-state index >= 15 is 0 Å². The molecule has 0 rings (SSSR count). The van der Waals surface area contributed by atoms with Crippen molar-refractivity contribution in [1.82, 2.24) is 0 Å². The van der Waals surface area contributed by atoms with Gasteiger partial charge in [0.1, 0.15) is 0 Å². The fourth-order valence-corrected chi connectivity index (χ4v) is 1.47. The molecule has 1 atom stereocenters. The maximum atomic E-state index is 11.2. The lowest BCUT2D eigenvalue weighted by Gasteiger charge is -2.26. The summed E-state index contributed by atoms with van der Waals surface area (Å²) < 4.78 is 15.6. The summed E-state index contributed by atoms with van der Waals surface area (Å²) in [5.41, 5.74) is 0. The highest BCUT2D eigenvalue weighted by Gasteiger charge is 2.49. The zero-order valence-corrected chi connectivity index (χ0v) is 8.88. The zero-order valence-electron chi connectivity index (χ0n) is 7.98. The SMILES string of the molecule is CCOC(=O)C(C)(CC)P(=O)(O)O. The van der Waals surface area contributed by atoms with E-state index in [4.69, 9.17) is 9.79 Å². The Morgan fingerprint density at radius 1 is 1.46 bits per heavy atom. The predicted molar refractivity (Wildman–Crippen MR) is 47.4 cm³/mol. The maximum Gasteiger partial charge on any atom is 0.342 e. The molecule has 0 amide bonds. The molecular formula is C7H15O5P. The van der Waals surface area contributed by atoms with Gasteiger partial charge in [-0.3, -0.25) is 9.36 Å². The van der Waals surface area contributed by atoms with E-state index in [2.05, 4.69) is 4.74 Å². The first-order valence-electron chi connectivity index (χ1n) is 4.02. The van der Waals surface area contributed by atoms with Crippen LogP contribution in [0.3, 0.4) is 0 Å². The Bertz CT molecular complexity index is 233. The molecule has 2 N–H and O–H groups in total. The van der Waals surface area contributed by atoms with Gasteiger partial charge in [0.05, 0.1) is 6.61 Å². The normalized spacial score (nSPS) is 16.4. The fraction of sp³-hybridized carbons (Fsp3) is 0.857. The number of rotatable bonds is 4. The van der Waals surface area contributed by atoms with E-state index in [0.29, 0.717) is 0 Å². The van der Waals surface area contributed by atoms with Crippen LogP contribution in [0.15, 0.2) is 0 Å². The van der Waals surface area contributed by atoms with Crippen molar-refractivity contribution in [2.75, 3.05) is 6.61 Å². The Morgan fingerprint density at radius 3 is 2.15 bits per heavy atom. The number of ether oxygens (including phenoxy) is 1. The quantitative estimate of drug-likeness (QED) is 0.532. The lowest BCUT2D eigenvalue weighted by Crippen LogP contribution is -2.36. The molecule has 0 heterocycles. The first-order chi connectivity index (χ1) is 5.79. The van der Waals surface area contributed by atoms with Gasteiger partial charge in [-0.1, -0.05) is 6.92 Å². The van der Waals surface area contributed by atoms with E-state index in [9.17, 15) is 9.36 Å². The van der Waals surface area contributed by atoms with Crippen LogP contribution in [0, 0.1) is 0 Å². The highest BCUT2D eigenvalue weighted by Crippen LogP contribution is 2.52. The average Bonchev–Trinajstić information content (AvgIpc) is 2.01. The highest BCUT2D eigenvalue weighted by molar-refractivity contribution is 7.54. The summed E-state index contributed by atoms with van der Waals surface area (Å²) >= 11 is 0. The van der Waals surface area contributed by atoms with Crippen molar-refractivity contribution in [2.45, 2.75) is 32.3 Å². The molecule has 0 saturated heterocycles. The molecule has 0 fully saturated rings. The molecule has 0 saturated carbocycles. The summed E-state index contributed by atoms with van der Waals surface area (Å²) in [6, 6.07) is 0. The lowest BCUT2D eigenvalue weighted by atomic mass is 10.1. The summed E-state index contributed by atoms with van der Waals surface area (Å²) in [4.78, 5) is 29.1. The number of carbonyl (C=O) groups excluding carboxylic acids is 1. The van der Waals surface area contributed by atoms with E-state index in [1.165, 1.54) is 13.8 Å². The predicted octanol–water partition coefficient (Wildman–Crippen LogP) is 0.896. The van der Waals surface area contributed by atoms with Gasteiger partial charge in [-0.25, -0.2) is 0 Å². The van der Waals surface area contributed by atoms with Gasteiger partial charge in [-0.2, -0.15) is 0 Å². The molecule has 0 radical (unpaired) electrons. The highest BCUT2D eigenvalue weighted by atomic mass is 31.2. The molecule has 6 heteroatoms. The average molecular weight is 210 g/mol. The van der Waals surface area contributed by atoms with Gasteiger partial charge in [0.25, 0.3) is 0 Å². The summed E-state index contributed by atoms with van der Waals surface area (Å²) in [6.07, 6.45) is 0.0517. The van der Waals surface area contributed by atoms with Crippen LogP contribution in [0.1, 0.15) is 27.2 Å². The molecule has 0 aromatic rings. The van der Waals surface area contributed by atoms with E-state index in [-0.39, 0.29) is 13.0 Å². The van der Waals surface area contributed by atoms with Gasteiger partial charge in [0, 0.05) is 0 Å². The van der Waals surface area contributed by atoms with Crippen molar-refractivity contribution in [1.29, 1.82) is 0 Å². The molecule has 0 aliphatic rings. The fourth-order valence-electron chi connectivity index (χ4n) is 0.756. The third-order valence-corrected chi connectivity index (χ3v) is 3.83. The van der Waals surface area contributed by atoms with Crippen molar-refractivity contribution in [2.24, 2.45) is 0 Å². The van der Waals surface area contributed by atoms with Crippen molar-refractivity contribution in [3.05, 3.63) is 0 Å². The van der Waals surface area contributed by atoms with Crippen molar-refractivity contribution in [3.8, 4) is 0 Å². The van der Waals surface area contributed by atoms with Crippen LogP contribution in [0.2, 0.25) is 0 Å². The Kier molecular flexibility index (Phi) is 4.10. The second-order valence-corrected chi connectivity index (χ2v) is 4.97. The molecule has 78 valence electrons. The molecule has 0 bridgehead atoms. The Balaban J connectivity index is 4.85. The summed E-state index contributed by atoms with van der Waals surface area (Å²) in [6.45, 7) is 4.46. The van der Waals surface area contributed by atoms with Crippen LogP contribution in [-0.2, 0) is 14.1 Å². The van der Waals surface area contributed by atoms with Crippen molar-refractivity contribution < 1.29 is 23.9 Å². The van der Waals surface area contributed by atoms with Crippen LogP contribution in [-0.4, -0.2) is 27.5 Å². The second kappa shape index (κ2) is 4.22. The minimum Gasteiger partial charge on any atom is -0.465 e. The van der Waals surface area contributed by atoms with Crippen LogP contribution >= 0.6 is 7.60 Å². The monoisotopic (exact) mass is 210 g/mol. The van der Waals surface area contributed by atoms with E-state index in [1.54, 1.807) is 6.92 Å². The van der Waals surface area contributed by atoms with Crippen LogP contribution in [0.4, 0.5) is 0 Å². The summed E-state index contributed by atoms with van der Waals surface area (Å²) in [7, 11) is -4.45. The van der Waals surface area contributed by atoms with Gasteiger partial charge >= 0.3 is 13.6 Å². The lowest BCUT2D eigenvalue weighted by molar-refractivity contribution is -0.146. The third-order valence-electron chi connectivity index (χ3n) is 2.05. The van der Waals surface area contributed by atoms with Crippen LogP contribution in [0.5, 0.6) is 0 Å². The first kappa shape index (κ1) is 12.6. The maximum absolute atomic E-state index is 11.2. The van der Waals surface area contributed by atoms with Gasteiger partial charge < -0.3 is 14.5 Å². The number of hydrogen-bond donors (Lipinski definition) is 2. The van der Waals surface area contributed by atoms with Gasteiger partial charge in [-0.15, -0.1) is 0 Å². The van der Waals surface area contributed by atoms with Crippen molar-refractivity contribution >= 4 is 13.6 Å². The van der Waals surface area contributed by atoms with Crippen LogP contribution < -0.4 is 0 Å². The molecule has 0 aromatic carbocycles. The standard InChI is InChI=1S/C7H15O5P/c1-4-7(3,13(9,10)11)6(8)12-5-2/h4-5H2,1-3H3,(H2,9,10,11). The molecule has 5 nitrogen and oxygen atoms in total. The molecule has 0 aromatic heterocycles. The Labute approximate surface area is 77.3 Å². The largest absolute Gasteiger partial charge is 0.465 e. The number of hydrogen-bond acceptors (Lipinski definition) is 3. The molecule has 0 spiro atoms. The molecule has 13 heavy (non-hydrogen) atoms. The minimum absolute atomic E-state index is 0.0517. The van der Waals surface area contributed by atoms with Crippen LogP contribution in [0.25, 0.3) is 0 Å². The van der Waals surface area contributed by atoms with Gasteiger partial charge in [0.15, 0.2) is 5.16 Å². The minimum atomic E-state index is -4.45. The Hall–Kier alpha value is -0.380. The van der Waals surface area contributed by atoms with E-state index in [1.807, 2.05) is 0 Å². The topological polar surface area (TPSA) is 83.8 Å².